The van der Waals surface area contributed by atoms with Gasteiger partial charge in [-0.2, -0.15) is 0 Å². The van der Waals surface area contributed by atoms with Crippen molar-refractivity contribution in [3.05, 3.63) is 35.4 Å². The van der Waals surface area contributed by atoms with Gasteiger partial charge in [-0.05, 0) is 23.0 Å². The molecule has 0 heterocycles. The first-order valence-electron chi connectivity index (χ1n) is 5.86. The van der Waals surface area contributed by atoms with E-state index >= 15 is 0 Å². The summed E-state index contributed by atoms with van der Waals surface area (Å²) < 4.78 is 0. The summed E-state index contributed by atoms with van der Waals surface area (Å²) in [6.07, 6.45) is 1.21. The van der Waals surface area contributed by atoms with Gasteiger partial charge >= 0.3 is 0 Å². The number of benzene rings is 1. The summed E-state index contributed by atoms with van der Waals surface area (Å²) in [7, 11) is 0. The molecule has 1 atom stereocenters. The first kappa shape index (κ1) is 10.7. The van der Waals surface area contributed by atoms with Crippen molar-refractivity contribution in [1.29, 1.82) is 0 Å². The van der Waals surface area contributed by atoms with Crippen molar-refractivity contribution in [3.63, 3.8) is 0 Å². The summed E-state index contributed by atoms with van der Waals surface area (Å²) in [6.45, 7) is 9.11. The molecule has 0 spiro atoms. The van der Waals surface area contributed by atoms with Crippen LogP contribution < -0.4 is 5.32 Å². The minimum absolute atomic E-state index is 0.323. The minimum Gasteiger partial charge on any atom is -0.308 e. The van der Waals surface area contributed by atoms with Crippen molar-refractivity contribution in [2.45, 2.75) is 51.6 Å². The first-order chi connectivity index (χ1) is 7.00. The van der Waals surface area contributed by atoms with Crippen LogP contribution in [0.25, 0.3) is 0 Å². The molecule has 0 saturated carbocycles. The summed E-state index contributed by atoms with van der Waals surface area (Å²) in [6, 6.07) is 9.93. The second-order valence-electron chi connectivity index (χ2n) is 5.55. The Morgan fingerprint density at radius 3 is 2.60 bits per heavy atom. The molecular weight excluding hydrogens is 182 g/mol. The van der Waals surface area contributed by atoms with Crippen LogP contribution in [0.15, 0.2) is 24.3 Å². The minimum atomic E-state index is 0.323. The summed E-state index contributed by atoms with van der Waals surface area (Å²) in [4.78, 5) is 0. The molecule has 82 valence electrons. The Bertz CT molecular complexity index is 352. The van der Waals surface area contributed by atoms with Gasteiger partial charge in [0.15, 0.2) is 0 Å². The lowest BCUT2D eigenvalue weighted by Gasteiger charge is -2.20. The highest BCUT2D eigenvalue weighted by atomic mass is 14.9. The highest BCUT2D eigenvalue weighted by Gasteiger charge is 2.36. The van der Waals surface area contributed by atoms with Crippen LogP contribution in [0, 0.1) is 0 Å². The number of fused-ring (bicyclic) bond motifs is 1. The molecule has 1 nitrogen and oxygen atoms in total. The summed E-state index contributed by atoms with van der Waals surface area (Å²) in [5.41, 5.74) is 3.34. The van der Waals surface area contributed by atoms with Gasteiger partial charge in [0.1, 0.15) is 0 Å². The van der Waals surface area contributed by atoms with Gasteiger partial charge in [-0.3, -0.25) is 0 Å². The molecule has 0 aromatic heterocycles. The quantitative estimate of drug-likeness (QED) is 0.776. The smallest absolute Gasteiger partial charge is 0.0333 e. The van der Waals surface area contributed by atoms with Crippen LogP contribution in [0.2, 0.25) is 0 Å². The summed E-state index contributed by atoms with van der Waals surface area (Å²) in [5.74, 6) is 0. The van der Waals surface area contributed by atoms with Gasteiger partial charge in [-0.25, -0.2) is 0 Å². The zero-order valence-electron chi connectivity index (χ0n) is 10.2. The molecule has 0 fully saturated rings. The normalized spacial score (nSPS) is 23.1. The van der Waals surface area contributed by atoms with Crippen LogP contribution in [-0.4, -0.2) is 6.04 Å². The molecule has 0 radical (unpaired) electrons. The van der Waals surface area contributed by atoms with E-state index < -0.39 is 0 Å². The van der Waals surface area contributed by atoms with E-state index in [4.69, 9.17) is 0 Å². The Hall–Kier alpha value is -0.820. The van der Waals surface area contributed by atoms with Crippen LogP contribution in [-0.2, 0) is 5.41 Å². The largest absolute Gasteiger partial charge is 0.308 e. The fraction of sp³-hybridized carbons (Fsp3) is 0.571. The van der Waals surface area contributed by atoms with Gasteiger partial charge in [-0.15, -0.1) is 0 Å². The molecule has 1 unspecified atom stereocenters. The highest BCUT2D eigenvalue weighted by molar-refractivity contribution is 5.41. The van der Waals surface area contributed by atoms with E-state index in [0.717, 1.165) is 0 Å². The van der Waals surface area contributed by atoms with Gasteiger partial charge in [-0.1, -0.05) is 52.0 Å². The zero-order valence-corrected chi connectivity index (χ0v) is 10.2. The Morgan fingerprint density at radius 2 is 1.93 bits per heavy atom. The van der Waals surface area contributed by atoms with E-state index in [1.807, 2.05) is 0 Å². The molecule has 0 aliphatic heterocycles. The molecule has 0 bridgehead atoms. The van der Waals surface area contributed by atoms with E-state index in [9.17, 15) is 0 Å². The van der Waals surface area contributed by atoms with Crippen molar-refractivity contribution in [2.24, 2.45) is 0 Å². The molecule has 0 saturated heterocycles. The van der Waals surface area contributed by atoms with Gasteiger partial charge in [0.25, 0.3) is 0 Å². The predicted octanol–water partition coefficient (Wildman–Crippen LogP) is 3.41. The fourth-order valence-corrected chi connectivity index (χ4v) is 2.70. The van der Waals surface area contributed by atoms with Crippen LogP contribution in [0.5, 0.6) is 0 Å². The highest BCUT2D eigenvalue weighted by Crippen LogP contribution is 2.44. The second-order valence-corrected chi connectivity index (χ2v) is 5.55. The topological polar surface area (TPSA) is 12.0 Å². The lowest BCUT2D eigenvalue weighted by Crippen LogP contribution is -2.27. The Kier molecular flexibility index (Phi) is 2.59. The average molecular weight is 203 g/mol. The number of hydrogen-bond donors (Lipinski definition) is 1. The van der Waals surface area contributed by atoms with Gasteiger partial charge in [0.05, 0.1) is 0 Å². The lowest BCUT2D eigenvalue weighted by molar-refractivity contribution is 0.403. The van der Waals surface area contributed by atoms with Crippen LogP contribution in [0.1, 0.15) is 51.3 Å². The van der Waals surface area contributed by atoms with Gasteiger partial charge in [0, 0.05) is 12.1 Å². The van der Waals surface area contributed by atoms with E-state index in [1.54, 1.807) is 0 Å². The number of hydrogen-bond acceptors (Lipinski definition) is 1. The van der Waals surface area contributed by atoms with E-state index in [0.29, 0.717) is 17.5 Å². The molecular formula is C14H21N. The molecule has 1 N–H and O–H groups in total. The Labute approximate surface area is 92.9 Å². The van der Waals surface area contributed by atoms with Crippen molar-refractivity contribution in [1.82, 2.24) is 5.32 Å². The third-order valence-corrected chi connectivity index (χ3v) is 3.31. The molecule has 15 heavy (non-hydrogen) atoms. The second kappa shape index (κ2) is 3.64. The van der Waals surface area contributed by atoms with Gasteiger partial charge in [0.2, 0.25) is 0 Å². The predicted molar refractivity (Wildman–Crippen MR) is 65.1 cm³/mol. The zero-order chi connectivity index (χ0) is 11.1. The average Bonchev–Trinajstić information content (AvgIpc) is 2.39. The molecule has 0 amide bonds. The lowest BCUT2D eigenvalue weighted by atomic mass is 9.86. The Balaban J connectivity index is 2.34. The van der Waals surface area contributed by atoms with Crippen molar-refractivity contribution >= 4 is 0 Å². The van der Waals surface area contributed by atoms with Crippen LogP contribution in [0.4, 0.5) is 0 Å². The third kappa shape index (κ3) is 1.93. The van der Waals surface area contributed by atoms with Crippen LogP contribution in [0.3, 0.4) is 0 Å². The molecule has 1 aliphatic carbocycles. The summed E-state index contributed by atoms with van der Waals surface area (Å²) in [5, 5.41) is 3.65. The molecule has 1 aromatic rings. The Morgan fingerprint density at radius 1 is 1.27 bits per heavy atom. The maximum absolute atomic E-state index is 3.65. The first-order valence-corrected chi connectivity index (χ1v) is 5.86. The van der Waals surface area contributed by atoms with E-state index in [-0.39, 0.29) is 0 Å². The maximum Gasteiger partial charge on any atom is 0.0333 e. The van der Waals surface area contributed by atoms with E-state index in [2.05, 4.69) is 57.3 Å². The van der Waals surface area contributed by atoms with Crippen molar-refractivity contribution in [2.75, 3.05) is 0 Å². The number of nitrogens with one attached hydrogen (secondary N) is 1. The standard InChI is InChI=1S/C14H21N/c1-10(2)15-13-9-14(3,4)12-8-6-5-7-11(12)13/h5-8,10,13,15H,9H2,1-4H3. The summed E-state index contributed by atoms with van der Waals surface area (Å²) >= 11 is 0. The maximum atomic E-state index is 3.65. The molecule has 1 aliphatic rings. The fourth-order valence-electron chi connectivity index (χ4n) is 2.70. The molecule has 1 aromatic carbocycles. The number of rotatable bonds is 2. The van der Waals surface area contributed by atoms with Crippen LogP contribution >= 0.6 is 0 Å². The monoisotopic (exact) mass is 203 g/mol. The van der Waals surface area contributed by atoms with Crippen molar-refractivity contribution < 1.29 is 0 Å². The molecule has 2 rings (SSSR count). The molecule has 1 heteroatoms. The van der Waals surface area contributed by atoms with Crippen molar-refractivity contribution in [3.8, 4) is 0 Å². The van der Waals surface area contributed by atoms with Gasteiger partial charge < -0.3 is 5.32 Å². The van der Waals surface area contributed by atoms with E-state index in [1.165, 1.54) is 17.5 Å². The third-order valence-electron chi connectivity index (χ3n) is 3.31. The SMILES string of the molecule is CC(C)NC1CC(C)(C)c2ccccc21.